The molecule has 54 heavy (non-hydrogen) atoms. The van der Waals surface area contributed by atoms with Crippen molar-refractivity contribution >= 4 is 28.6 Å². The SMILES string of the molecule is Cc1ncsc1CNc1ccc(-n2nc(C(F)(F)F)cc2C2CC2)cc1.O=C(Cc1ccncc1)Nc1ccc(-n2nc(C(F)(F)F)cc2C2CC2)cc1. The van der Waals surface area contributed by atoms with E-state index in [0.717, 1.165) is 53.6 Å². The van der Waals surface area contributed by atoms with E-state index >= 15 is 0 Å². The molecule has 0 unspecified atom stereocenters. The number of nitrogens with one attached hydrogen (secondary N) is 2. The zero-order valence-electron chi connectivity index (χ0n) is 28.8. The zero-order valence-corrected chi connectivity index (χ0v) is 29.6. The molecule has 8 rings (SSSR count). The minimum Gasteiger partial charge on any atom is -0.380 e. The van der Waals surface area contributed by atoms with Gasteiger partial charge in [-0.25, -0.2) is 14.3 Å². The minimum absolute atomic E-state index is 0.114. The normalized spacial score (nSPS) is 14.4. The van der Waals surface area contributed by atoms with E-state index in [0.29, 0.717) is 35.0 Å². The third-order valence-corrected chi connectivity index (χ3v) is 9.90. The molecule has 4 aromatic heterocycles. The monoisotopic (exact) mass is 764 g/mol. The number of aryl methyl sites for hydroxylation is 1. The molecule has 2 aromatic carbocycles. The van der Waals surface area contributed by atoms with Gasteiger partial charge in [0.2, 0.25) is 5.91 Å². The molecule has 0 aliphatic heterocycles. The Balaban J connectivity index is 0.000000167. The Morgan fingerprint density at radius 1 is 0.759 bits per heavy atom. The third kappa shape index (κ3) is 8.98. The second-order valence-electron chi connectivity index (χ2n) is 13.2. The van der Waals surface area contributed by atoms with Crippen LogP contribution in [-0.4, -0.2) is 35.4 Å². The molecule has 1 amide bonds. The quantitative estimate of drug-likeness (QED) is 0.135. The number of halogens is 6. The lowest BCUT2D eigenvalue weighted by molar-refractivity contribution is -0.142. The number of alkyl halides is 6. The van der Waals surface area contributed by atoms with Crippen LogP contribution in [-0.2, 0) is 30.1 Å². The van der Waals surface area contributed by atoms with Gasteiger partial charge in [-0.05, 0) is 111 Å². The van der Waals surface area contributed by atoms with Gasteiger partial charge in [-0.15, -0.1) is 11.3 Å². The summed E-state index contributed by atoms with van der Waals surface area (Å²) in [6.45, 7) is 2.63. The average molecular weight is 765 g/mol. The number of hydrogen-bond donors (Lipinski definition) is 2. The molecule has 280 valence electrons. The smallest absolute Gasteiger partial charge is 0.380 e. The zero-order chi connectivity index (χ0) is 38.0. The number of carbonyl (C=O) groups excluding carboxylic acids is 1. The maximum absolute atomic E-state index is 13.0. The van der Waals surface area contributed by atoms with E-state index in [1.165, 1.54) is 15.4 Å². The summed E-state index contributed by atoms with van der Waals surface area (Å²) in [7, 11) is 0. The molecule has 9 nitrogen and oxygen atoms in total. The van der Waals surface area contributed by atoms with Crippen LogP contribution in [0.15, 0.2) is 90.7 Å². The van der Waals surface area contributed by atoms with Gasteiger partial charge in [-0.3, -0.25) is 9.78 Å². The van der Waals surface area contributed by atoms with Crippen molar-refractivity contribution in [2.45, 2.75) is 69.8 Å². The lowest BCUT2D eigenvalue weighted by Gasteiger charge is -2.09. The van der Waals surface area contributed by atoms with Crippen molar-refractivity contribution in [3.05, 3.63) is 130 Å². The molecule has 2 saturated carbocycles. The first-order valence-corrected chi connectivity index (χ1v) is 18.1. The molecular weight excluding hydrogens is 731 g/mol. The highest BCUT2D eigenvalue weighted by Crippen LogP contribution is 2.44. The Hall–Kier alpha value is -5.51. The van der Waals surface area contributed by atoms with E-state index in [9.17, 15) is 31.1 Å². The number of nitrogens with zero attached hydrogens (tertiary/aromatic N) is 6. The van der Waals surface area contributed by atoms with Gasteiger partial charge >= 0.3 is 12.4 Å². The molecule has 0 bridgehead atoms. The first-order valence-electron chi connectivity index (χ1n) is 17.2. The predicted octanol–water partition coefficient (Wildman–Crippen LogP) is 9.49. The lowest BCUT2D eigenvalue weighted by atomic mass is 10.2. The molecule has 6 aromatic rings. The molecule has 4 heterocycles. The van der Waals surface area contributed by atoms with Gasteiger partial charge in [0, 0.05) is 51.9 Å². The molecule has 2 aliphatic rings. The highest BCUT2D eigenvalue weighted by molar-refractivity contribution is 7.09. The van der Waals surface area contributed by atoms with Crippen molar-refractivity contribution in [3.8, 4) is 11.4 Å². The van der Waals surface area contributed by atoms with Crippen molar-refractivity contribution in [1.29, 1.82) is 0 Å². The van der Waals surface area contributed by atoms with Crippen LogP contribution in [0, 0.1) is 6.92 Å². The molecule has 0 saturated heterocycles. The van der Waals surface area contributed by atoms with Crippen LogP contribution in [0.2, 0.25) is 0 Å². The van der Waals surface area contributed by atoms with Gasteiger partial charge in [0.05, 0.1) is 35.5 Å². The average Bonchev–Trinajstić information content (AvgIpc) is 4.04. The van der Waals surface area contributed by atoms with Crippen LogP contribution in [0.3, 0.4) is 0 Å². The second-order valence-corrected chi connectivity index (χ2v) is 14.1. The summed E-state index contributed by atoms with van der Waals surface area (Å²) in [4.78, 5) is 21.4. The van der Waals surface area contributed by atoms with Crippen molar-refractivity contribution in [1.82, 2.24) is 29.5 Å². The van der Waals surface area contributed by atoms with Crippen LogP contribution in [0.4, 0.5) is 37.7 Å². The van der Waals surface area contributed by atoms with Crippen molar-refractivity contribution < 1.29 is 31.1 Å². The fraction of sp³-hybridized carbons (Fsp3) is 0.289. The lowest BCUT2D eigenvalue weighted by Crippen LogP contribution is -2.14. The van der Waals surface area contributed by atoms with Crippen LogP contribution < -0.4 is 10.6 Å². The van der Waals surface area contributed by atoms with E-state index in [4.69, 9.17) is 0 Å². The highest BCUT2D eigenvalue weighted by atomic mass is 32.1. The first kappa shape index (κ1) is 36.8. The van der Waals surface area contributed by atoms with Gasteiger partial charge in [0.15, 0.2) is 11.4 Å². The molecule has 0 spiro atoms. The number of carbonyl (C=O) groups is 1. The third-order valence-electron chi connectivity index (χ3n) is 8.97. The predicted molar refractivity (Wildman–Crippen MR) is 192 cm³/mol. The number of anilines is 2. The summed E-state index contributed by atoms with van der Waals surface area (Å²) in [5.41, 5.74) is 5.79. The van der Waals surface area contributed by atoms with Crippen molar-refractivity contribution in [3.63, 3.8) is 0 Å². The Morgan fingerprint density at radius 2 is 1.26 bits per heavy atom. The van der Waals surface area contributed by atoms with Gasteiger partial charge in [0.1, 0.15) is 0 Å². The Labute approximate surface area is 310 Å². The second kappa shape index (κ2) is 15.1. The molecule has 0 atom stereocenters. The maximum Gasteiger partial charge on any atom is 0.435 e. The molecule has 2 N–H and O–H groups in total. The number of benzene rings is 2. The number of amides is 1. The largest absolute Gasteiger partial charge is 0.435 e. The van der Waals surface area contributed by atoms with Crippen LogP contribution in [0.5, 0.6) is 0 Å². The van der Waals surface area contributed by atoms with Gasteiger partial charge in [-0.1, -0.05) is 0 Å². The van der Waals surface area contributed by atoms with Crippen LogP contribution in [0.1, 0.15) is 76.4 Å². The molecular formula is C38H34F6N8OS. The number of hydrogen-bond acceptors (Lipinski definition) is 7. The summed E-state index contributed by atoms with van der Waals surface area (Å²) < 4.78 is 81.0. The summed E-state index contributed by atoms with van der Waals surface area (Å²) >= 11 is 1.59. The maximum atomic E-state index is 13.0. The molecule has 16 heteroatoms. The summed E-state index contributed by atoms with van der Waals surface area (Å²) in [5, 5.41) is 13.6. The van der Waals surface area contributed by atoms with E-state index in [2.05, 4.69) is 30.8 Å². The van der Waals surface area contributed by atoms with Crippen LogP contribution >= 0.6 is 11.3 Å². The van der Waals surface area contributed by atoms with E-state index < -0.39 is 23.7 Å². The van der Waals surface area contributed by atoms with E-state index in [-0.39, 0.29) is 24.2 Å². The first-order chi connectivity index (χ1) is 25.8. The molecule has 2 aliphatic carbocycles. The van der Waals surface area contributed by atoms with Gasteiger partial charge in [-0.2, -0.15) is 36.5 Å². The topological polar surface area (TPSA) is 103 Å². The van der Waals surface area contributed by atoms with Crippen molar-refractivity contribution in [2.75, 3.05) is 10.6 Å². The Kier molecular flexibility index (Phi) is 10.3. The fourth-order valence-electron chi connectivity index (χ4n) is 5.80. The number of aromatic nitrogens is 6. The number of thiazole rings is 1. The number of pyridine rings is 1. The van der Waals surface area contributed by atoms with Gasteiger partial charge < -0.3 is 10.6 Å². The van der Waals surface area contributed by atoms with Crippen LogP contribution in [0.25, 0.3) is 11.4 Å². The highest BCUT2D eigenvalue weighted by Gasteiger charge is 2.39. The van der Waals surface area contributed by atoms with E-state index in [1.807, 2.05) is 24.6 Å². The summed E-state index contributed by atoms with van der Waals surface area (Å²) in [6, 6.07) is 19.8. The molecule has 0 radical (unpaired) electrons. The Morgan fingerprint density at radius 3 is 1.70 bits per heavy atom. The summed E-state index contributed by atoms with van der Waals surface area (Å²) in [6.07, 6.45) is -1.89. The molecule has 2 fully saturated rings. The minimum atomic E-state index is -4.48. The number of rotatable bonds is 10. The fourth-order valence-corrected chi connectivity index (χ4v) is 6.51. The van der Waals surface area contributed by atoms with Crippen molar-refractivity contribution in [2.24, 2.45) is 0 Å². The van der Waals surface area contributed by atoms with E-state index in [1.54, 1.807) is 72.3 Å². The Bertz CT molecular complexity index is 2200. The summed E-state index contributed by atoms with van der Waals surface area (Å²) in [5.74, 6) is 0.102. The standard InChI is InChI=1S/C20H17F3N4O.C18H17F3N4S/c21-20(22,23)18-12-17(14-1-2-14)27(26-18)16-5-3-15(4-6-16)25-19(28)11-13-7-9-24-10-8-13;1-11-16(26-10-23-11)9-22-13-4-6-14(7-5-13)25-15(12-2-3-12)8-17(24-25)18(19,20)21/h3-10,12,14H,1-2,11H2,(H,25,28);4-8,10,12,22H,2-3,9H2,1H3. The van der Waals surface area contributed by atoms with Gasteiger partial charge in [0.25, 0.3) is 0 Å².